The summed E-state index contributed by atoms with van der Waals surface area (Å²) in [6, 6.07) is 21.4. The Morgan fingerprint density at radius 2 is 1.56 bits per heavy atom. The van der Waals surface area contributed by atoms with E-state index in [1.54, 1.807) is 18.2 Å². The van der Waals surface area contributed by atoms with Crippen LogP contribution in [0.25, 0.3) is 0 Å². The third-order valence-corrected chi connectivity index (χ3v) is 6.42. The summed E-state index contributed by atoms with van der Waals surface area (Å²) in [5.74, 6) is 7.00. The Hall–Kier alpha value is -2.79. The Balaban J connectivity index is 0.000000499. The second-order valence-corrected chi connectivity index (χ2v) is 9.98. The van der Waals surface area contributed by atoms with E-state index in [0.29, 0.717) is 22.3 Å². The molecule has 1 heterocycles. The van der Waals surface area contributed by atoms with Crippen molar-refractivity contribution in [3.8, 4) is 11.8 Å². The maximum atomic E-state index is 9.29. The number of nitrogen functional groups attached to an aromatic ring is 1. The summed E-state index contributed by atoms with van der Waals surface area (Å²) in [5, 5.41) is 10.3. The Bertz CT molecular complexity index is 1130. The van der Waals surface area contributed by atoms with Gasteiger partial charge in [-0.25, -0.2) is 4.98 Å². The fraction of sp³-hybridized carbons (Fsp3) is 0.387. The van der Waals surface area contributed by atoms with Crippen LogP contribution >= 0.6 is 23.2 Å². The number of pyridine rings is 1. The van der Waals surface area contributed by atoms with E-state index >= 15 is 0 Å². The van der Waals surface area contributed by atoms with Crippen molar-refractivity contribution in [3.05, 3.63) is 88.0 Å². The number of aliphatic hydroxyl groups excluding tert-OH is 1. The van der Waals surface area contributed by atoms with E-state index < -0.39 is 0 Å². The van der Waals surface area contributed by atoms with Gasteiger partial charge in [0, 0.05) is 33.8 Å². The van der Waals surface area contributed by atoms with Crippen molar-refractivity contribution in [2.75, 3.05) is 57.6 Å². The van der Waals surface area contributed by atoms with Crippen LogP contribution < -0.4 is 10.6 Å². The topological polar surface area (TPSA) is 74.8 Å². The molecule has 0 aliphatic heterocycles. The van der Waals surface area contributed by atoms with Gasteiger partial charge in [0.15, 0.2) is 0 Å². The first kappa shape index (κ1) is 32.4. The molecule has 2 aromatic carbocycles. The second-order valence-electron chi connectivity index (χ2n) is 9.16. The molecule has 0 spiro atoms. The molecule has 0 saturated carbocycles. The van der Waals surface area contributed by atoms with Crippen molar-refractivity contribution in [1.29, 1.82) is 0 Å². The van der Waals surface area contributed by atoms with Gasteiger partial charge in [0.2, 0.25) is 0 Å². The molecule has 0 saturated heterocycles. The fourth-order valence-corrected chi connectivity index (χ4v) is 4.05. The summed E-state index contributed by atoms with van der Waals surface area (Å²) in [7, 11) is 3.94. The molecule has 0 unspecified atom stereocenters. The number of hydrogen-bond acceptors (Lipinski definition) is 6. The first-order chi connectivity index (χ1) is 18.9. The molecule has 3 aromatic rings. The van der Waals surface area contributed by atoms with Gasteiger partial charge in [0.25, 0.3) is 0 Å². The Labute approximate surface area is 243 Å². The summed E-state index contributed by atoms with van der Waals surface area (Å²) in [6.45, 7) is 4.02. The zero-order chi connectivity index (χ0) is 28.3. The van der Waals surface area contributed by atoms with Crippen molar-refractivity contribution in [3.63, 3.8) is 0 Å². The van der Waals surface area contributed by atoms with Crippen molar-refractivity contribution in [1.82, 2.24) is 9.88 Å². The molecule has 0 aliphatic rings. The van der Waals surface area contributed by atoms with Crippen LogP contribution in [0.5, 0.6) is 0 Å². The summed E-state index contributed by atoms with van der Waals surface area (Å²) < 4.78 is 5.62. The number of nitrogens with zero attached hydrogens (tertiary/aromatic N) is 3. The molecule has 0 aliphatic carbocycles. The summed E-state index contributed by atoms with van der Waals surface area (Å²) >= 11 is 11.2. The van der Waals surface area contributed by atoms with E-state index in [2.05, 4.69) is 46.0 Å². The summed E-state index contributed by atoms with van der Waals surface area (Å²) in [5.41, 5.74) is 7.93. The molecule has 210 valence electrons. The van der Waals surface area contributed by atoms with Gasteiger partial charge in [-0.3, -0.25) is 4.90 Å². The van der Waals surface area contributed by atoms with Gasteiger partial charge in [-0.05, 0) is 55.1 Å². The normalized spacial score (nSPS) is 10.4. The molecule has 0 atom stereocenters. The van der Waals surface area contributed by atoms with Crippen LogP contribution in [0.1, 0.15) is 36.9 Å². The monoisotopic (exact) mass is 570 g/mol. The largest absolute Gasteiger partial charge is 0.396 e. The first-order valence-electron chi connectivity index (χ1n) is 13.2. The molecule has 8 heteroatoms. The lowest BCUT2D eigenvalue weighted by Crippen LogP contribution is -2.27. The number of aromatic nitrogens is 1. The molecular weight excluding hydrogens is 531 g/mol. The lowest BCUT2D eigenvalue weighted by atomic mass is 10.1. The number of nitrogens with two attached hydrogens (primary N) is 1. The number of ether oxygens (including phenoxy) is 1. The lowest BCUT2D eigenvalue weighted by Gasteiger charge is -2.21. The predicted molar refractivity (Wildman–Crippen MR) is 164 cm³/mol. The summed E-state index contributed by atoms with van der Waals surface area (Å²) in [4.78, 5) is 8.76. The van der Waals surface area contributed by atoms with E-state index in [9.17, 15) is 5.11 Å². The minimum absolute atomic E-state index is 0.205. The SMILES string of the molecule is CN(C)c1cccc(C#CCOCCCCCCN(CCO)Cc2ccccc2)n1.Nc1c(Cl)cccc1Cl. The summed E-state index contributed by atoms with van der Waals surface area (Å²) in [6.07, 6.45) is 4.51. The molecule has 39 heavy (non-hydrogen) atoms. The highest BCUT2D eigenvalue weighted by atomic mass is 35.5. The quantitative estimate of drug-likeness (QED) is 0.146. The van der Waals surface area contributed by atoms with Crippen LogP contribution in [0.15, 0.2) is 66.7 Å². The number of hydrogen-bond donors (Lipinski definition) is 2. The van der Waals surface area contributed by atoms with Gasteiger partial charge in [-0.1, -0.05) is 84.4 Å². The van der Waals surface area contributed by atoms with Crippen LogP contribution in [0, 0.1) is 11.8 Å². The minimum atomic E-state index is 0.205. The molecule has 6 nitrogen and oxygen atoms in total. The number of aliphatic hydroxyl groups is 1. The van der Waals surface area contributed by atoms with Gasteiger partial charge in [-0.2, -0.15) is 0 Å². The highest BCUT2D eigenvalue weighted by Gasteiger charge is 2.05. The van der Waals surface area contributed by atoms with Crippen molar-refractivity contribution in [2.45, 2.75) is 32.2 Å². The van der Waals surface area contributed by atoms with E-state index in [1.165, 1.54) is 12.0 Å². The number of rotatable bonds is 13. The number of anilines is 2. The average molecular weight is 572 g/mol. The van der Waals surface area contributed by atoms with Crippen LogP contribution in [-0.2, 0) is 11.3 Å². The third kappa shape index (κ3) is 13.7. The Morgan fingerprint density at radius 1 is 0.872 bits per heavy atom. The predicted octanol–water partition coefficient (Wildman–Crippen LogP) is 6.15. The van der Waals surface area contributed by atoms with Crippen molar-refractivity contribution >= 4 is 34.7 Å². The zero-order valence-corrected chi connectivity index (χ0v) is 24.5. The van der Waals surface area contributed by atoms with E-state index in [-0.39, 0.29) is 6.61 Å². The zero-order valence-electron chi connectivity index (χ0n) is 23.0. The molecule has 0 radical (unpaired) electrons. The van der Waals surface area contributed by atoms with Gasteiger partial charge < -0.3 is 20.5 Å². The molecule has 0 amide bonds. The third-order valence-electron chi connectivity index (χ3n) is 5.76. The number of unbranched alkanes of at least 4 members (excludes halogenated alkanes) is 3. The number of para-hydroxylation sites is 1. The molecular formula is C31H40Cl2N4O2. The molecule has 3 N–H and O–H groups in total. The smallest absolute Gasteiger partial charge is 0.129 e. The van der Waals surface area contributed by atoms with E-state index in [1.807, 2.05) is 43.3 Å². The molecule has 0 bridgehead atoms. The maximum absolute atomic E-state index is 9.29. The van der Waals surface area contributed by atoms with Crippen LogP contribution in [0.3, 0.4) is 0 Å². The van der Waals surface area contributed by atoms with Crippen LogP contribution in [0.4, 0.5) is 11.5 Å². The molecule has 0 fully saturated rings. The minimum Gasteiger partial charge on any atom is -0.396 e. The standard InChI is InChI=1S/C25H35N3O2.C6H5Cl2N/c1-27(2)25-16-10-14-24(26-25)15-11-21-30-20-9-4-3-8-17-28(18-19-29)22-23-12-6-5-7-13-23;7-4-2-1-3-5(8)6(4)9/h5-7,10,12-14,16,29H,3-4,8-9,17-22H2,1-2H3;1-3H,9H2. The maximum Gasteiger partial charge on any atom is 0.129 e. The highest BCUT2D eigenvalue weighted by molar-refractivity contribution is 6.38. The number of halogens is 2. The first-order valence-corrected chi connectivity index (χ1v) is 13.9. The average Bonchev–Trinajstić information content (AvgIpc) is 2.94. The van der Waals surface area contributed by atoms with E-state index in [4.69, 9.17) is 33.7 Å². The van der Waals surface area contributed by atoms with Gasteiger partial charge >= 0.3 is 0 Å². The van der Waals surface area contributed by atoms with Crippen molar-refractivity contribution < 1.29 is 9.84 Å². The second kappa shape index (κ2) is 19.3. The molecule has 3 rings (SSSR count). The Kier molecular flexibility index (Phi) is 16.0. The van der Waals surface area contributed by atoms with Crippen molar-refractivity contribution in [2.24, 2.45) is 0 Å². The Morgan fingerprint density at radius 3 is 2.23 bits per heavy atom. The van der Waals surface area contributed by atoms with Gasteiger partial charge in [-0.15, -0.1) is 0 Å². The van der Waals surface area contributed by atoms with Crippen LogP contribution in [-0.4, -0.2) is 62.0 Å². The number of benzene rings is 2. The highest BCUT2D eigenvalue weighted by Crippen LogP contribution is 2.25. The lowest BCUT2D eigenvalue weighted by molar-refractivity contribution is 0.160. The van der Waals surface area contributed by atoms with Gasteiger partial charge in [0.1, 0.15) is 18.1 Å². The van der Waals surface area contributed by atoms with Gasteiger partial charge in [0.05, 0.1) is 22.3 Å². The van der Waals surface area contributed by atoms with E-state index in [0.717, 1.165) is 57.0 Å². The molecule has 1 aromatic heterocycles. The fourth-order valence-electron chi connectivity index (χ4n) is 3.65. The van der Waals surface area contributed by atoms with Crippen LogP contribution in [0.2, 0.25) is 10.0 Å².